The van der Waals surface area contributed by atoms with Crippen LogP contribution in [0, 0.1) is 6.92 Å². The summed E-state index contributed by atoms with van der Waals surface area (Å²) in [5, 5.41) is 4.80. The Morgan fingerprint density at radius 2 is 1.78 bits per heavy atom. The highest BCUT2D eigenvalue weighted by Gasteiger charge is 2.17. The number of halogens is 1. The Morgan fingerprint density at radius 3 is 2.22 bits per heavy atom. The number of hydrogen-bond donors (Lipinski definition) is 1. The fraction of sp³-hybridized carbons (Fsp3) is 0.500. The average Bonchev–Trinajstić information content (AvgIpc) is 2.21. The number of hydrogen-bond acceptors (Lipinski definition) is 1. The number of benzene rings is 1. The molecule has 0 aromatic heterocycles. The first-order valence-electron chi connectivity index (χ1n) is 6.18. The van der Waals surface area contributed by atoms with Crippen LogP contribution in [-0.4, -0.2) is 22.1 Å². The molecular formula is C14H21ClN2S. The molecule has 0 atom stereocenters. The Labute approximate surface area is 120 Å². The van der Waals surface area contributed by atoms with Gasteiger partial charge in [-0.1, -0.05) is 11.6 Å². The van der Waals surface area contributed by atoms with Gasteiger partial charge in [0.15, 0.2) is 5.11 Å². The van der Waals surface area contributed by atoms with Crippen molar-refractivity contribution < 1.29 is 0 Å². The monoisotopic (exact) mass is 284 g/mol. The van der Waals surface area contributed by atoms with Crippen molar-refractivity contribution in [3.63, 3.8) is 0 Å². The van der Waals surface area contributed by atoms with Crippen molar-refractivity contribution in [2.45, 2.75) is 46.7 Å². The van der Waals surface area contributed by atoms with Crippen molar-refractivity contribution in [1.29, 1.82) is 0 Å². The summed E-state index contributed by atoms with van der Waals surface area (Å²) >= 11 is 11.4. The number of rotatable bonds is 3. The third kappa shape index (κ3) is 3.85. The van der Waals surface area contributed by atoms with E-state index in [1.807, 2.05) is 25.1 Å². The molecule has 0 unspecified atom stereocenters. The zero-order valence-electron chi connectivity index (χ0n) is 11.6. The third-order valence-corrected chi connectivity index (χ3v) is 3.33. The molecule has 0 fully saturated rings. The molecule has 0 radical (unpaired) electrons. The van der Waals surface area contributed by atoms with Gasteiger partial charge >= 0.3 is 0 Å². The van der Waals surface area contributed by atoms with Crippen LogP contribution in [0.15, 0.2) is 18.2 Å². The molecule has 1 N–H and O–H groups in total. The molecule has 0 bridgehead atoms. The van der Waals surface area contributed by atoms with Gasteiger partial charge in [-0.2, -0.15) is 0 Å². The molecule has 2 nitrogen and oxygen atoms in total. The molecule has 0 spiro atoms. The summed E-state index contributed by atoms with van der Waals surface area (Å²) in [6.45, 7) is 10.6. The summed E-state index contributed by atoms with van der Waals surface area (Å²) in [6, 6.07) is 6.51. The molecule has 1 aromatic carbocycles. The van der Waals surface area contributed by atoms with E-state index in [9.17, 15) is 0 Å². The highest BCUT2D eigenvalue weighted by atomic mass is 35.5. The first-order valence-corrected chi connectivity index (χ1v) is 6.97. The zero-order valence-corrected chi connectivity index (χ0v) is 13.2. The van der Waals surface area contributed by atoms with Gasteiger partial charge in [-0.15, -0.1) is 0 Å². The second kappa shape index (κ2) is 6.39. The quantitative estimate of drug-likeness (QED) is 0.825. The summed E-state index contributed by atoms with van der Waals surface area (Å²) in [6.07, 6.45) is 0. The van der Waals surface area contributed by atoms with E-state index in [4.69, 9.17) is 23.8 Å². The van der Waals surface area contributed by atoms with Crippen LogP contribution in [0.5, 0.6) is 0 Å². The SMILES string of the molecule is Cc1cc(Cl)ccc1NC(=S)N(C(C)C)C(C)C. The largest absolute Gasteiger partial charge is 0.344 e. The lowest BCUT2D eigenvalue weighted by Crippen LogP contribution is -2.44. The average molecular weight is 285 g/mol. The highest BCUT2D eigenvalue weighted by Crippen LogP contribution is 2.20. The molecule has 0 amide bonds. The standard InChI is InChI=1S/C14H21ClN2S/c1-9(2)17(10(3)4)14(18)16-13-7-6-12(15)8-11(13)5/h6-10H,1-5H3,(H,16,18). The van der Waals surface area contributed by atoms with Gasteiger partial charge < -0.3 is 10.2 Å². The van der Waals surface area contributed by atoms with Crippen molar-refractivity contribution in [2.75, 3.05) is 5.32 Å². The van der Waals surface area contributed by atoms with E-state index in [0.29, 0.717) is 12.1 Å². The van der Waals surface area contributed by atoms with Gasteiger partial charge in [0.1, 0.15) is 0 Å². The molecule has 100 valence electrons. The topological polar surface area (TPSA) is 15.3 Å². The van der Waals surface area contributed by atoms with E-state index < -0.39 is 0 Å². The molecule has 0 aliphatic rings. The van der Waals surface area contributed by atoms with E-state index in [-0.39, 0.29) is 0 Å². The van der Waals surface area contributed by atoms with E-state index in [1.54, 1.807) is 0 Å². The Kier molecular flexibility index (Phi) is 5.42. The van der Waals surface area contributed by atoms with E-state index >= 15 is 0 Å². The number of nitrogens with zero attached hydrogens (tertiary/aromatic N) is 1. The summed E-state index contributed by atoms with van der Waals surface area (Å²) in [4.78, 5) is 2.18. The normalized spacial score (nSPS) is 10.9. The van der Waals surface area contributed by atoms with E-state index in [0.717, 1.165) is 21.4 Å². The number of aryl methyl sites for hydroxylation is 1. The number of nitrogens with one attached hydrogen (secondary N) is 1. The fourth-order valence-electron chi connectivity index (χ4n) is 2.01. The van der Waals surface area contributed by atoms with Gasteiger partial charge in [0.25, 0.3) is 0 Å². The predicted octanol–water partition coefficient (Wildman–Crippen LogP) is 4.46. The molecule has 1 rings (SSSR count). The Morgan fingerprint density at radius 1 is 1.22 bits per heavy atom. The second-order valence-electron chi connectivity index (χ2n) is 4.98. The molecular weight excluding hydrogens is 264 g/mol. The van der Waals surface area contributed by atoms with Crippen LogP contribution in [0.25, 0.3) is 0 Å². The molecule has 4 heteroatoms. The molecule has 0 aliphatic heterocycles. The first kappa shape index (κ1) is 15.3. The van der Waals surface area contributed by atoms with Gasteiger partial charge in [0.2, 0.25) is 0 Å². The Hall–Kier alpha value is -0.800. The molecule has 0 saturated carbocycles. The number of thiocarbonyl (C=S) groups is 1. The summed E-state index contributed by atoms with van der Waals surface area (Å²) in [5.74, 6) is 0. The van der Waals surface area contributed by atoms with Gasteiger partial charge in [-0.05, 0) is 70.6 Å². The van der Waals surface area contributed by atoms with E-state index in [2.05, 4.69) is 37.9 Å². The van der Waals surface area contributed by atoms with Gasteiger partial charge in [-0.25, -0.2) is 0 Å². The lowest BCUT2D eigenvalue weighted by molar-refractivity contribution is 0.296. The number of anilines is 1. The third-order valence-electron chi connectivity index (χ3n) is 2.78. The minimum absolute atomic E-state index is 0.373. The van der Waals surface area contributed by atoms with Crippen LogP contribution in [-0.2, 0) is 0 Å². The van der Waals surface area contributed by atoms with Crippen molar-refractivity contribution in [2.24, 2.45) is 0 Å². The second-order valence-corrected chi connectivity index (χ2v) is 5.81. The lowest BCUT2D eigenvalue weighted by Gasteiger charge is -2.33. The maximum Gasteiger partial charge on any atom is 0.173 e. The van der Waals surface area contributed by atoms with Crippen molar-refractivity contribution in [3.05, 3.63) is 28.8 Å². The van der Waals surface area contributed by atoms with Crippen LogP contribution >= 0.6 is 23.8 Å². The van der Waals surface area contributed by atoms with Crippen molar-refractivity contribution >= 4 is 34.6 Å². The van der Waals surface area contributed by atoms with E-state index in [1.165, 1.54) is 0 Å². The van der Waals surface area contributed by atoms with Gasteiger partial charge in [0.05, 0.1) is 0 Å². The van der Waals surface area contributed by atoms with Crippen molar-refractivity contribution in [1.82, 2.24) is 4.90 Å². The smallest absolute Gasteiger partial charge is 0.173 e. The highest BCUT2D eigenvalue weighted by molar-refractivity contribution is 7.80. The summed E-state index contributed by atoms with van der Waals surface area (Å²) in [5.41, 5.74) is 2.10. The van der Waals surface area contributed by atoms with Crippen LogP contribution in [0.2, 0.25) is 5.02 Å². The van der Waals surface area contributed by atoms with Crippen LogP contribution in [0.3, 0.4) is 0 Å². The van der Waals surface area contributed by atoms with Gasteiger partial charge in [0, 0.05) is 22.8 Å². The van der Waals surface area contributed by atoms with Crippen LogP contribution in [0.4, 0.5) is 5.69 Å². The lowest BCUT2D eigenvalue weighted by atomic mass is 10.2. The molecule has 0 heterocycles. The maximum atomic E-state index is 5.95. The predicted molar refractivity (Wildman–Crippen MR) is 84.5 cm³/mol. The Balaban J connectivity index is 2.86. The molecule has 18 heavy (non-hydrogen) atoms. The first-order chi connectivity index (χ1) is 8.32. The summed E-state index contributed by atoms with van der Waals surface area (Å²) in [7, 11) is 0. The van der Waals surface area contributed by atoms with Crippen molar-refractivity contribution in [3.8, 4) is 0 Å². The summed E-state index contributed by atoms with van der Waals surface area (Å²) < 4.78 is 0. The molecule has 0 aliphatic carbocycles. The molecule has 0 saturated heterocycles. The van der Waals surface area contributed by atoms with Crippen LogP contribution < -0.4 is 5.32 Å². The van der Waals surface area contributed by atoms with Crippen LogP contribution in [0.1, 0.15) is 33.3 Å². The van der Waals surface area contributed by atoms with Gasteiger partial charge in [-0.3, -0.25) is 0 Å². The minimum Gasteiger partial charge on any atom is -0.344 e. The zero-order chi connectivity index (χ0) is 13.9. The fourth-order valence-corrected chi connectivity index (χ4v) is 2.77. The Bertz CT molecular complexity index is 422. The molecule has 1 aromatic rings. The maximum absolute atomic E-state index is 5.95. The minimum atomic E-state index is 0.373.